The lowest BCUT2D eigenvalue weighted by Crippen LogP contribution is -2.27. The smallest absolute Gasteiger partial charge is 0.221 e. The molecular weight excluding hydrogens is 228 g/mol. The van der Waals surface area contributed by atoms with E-state index >= 15 is 0 Å². The van der Waals surface area contributed by atoms with Crippen molar-refractivity contribution in [2.45, 2.75) is 44.6 Å². The molecule has 0 bridgehead atoms. The van der Waals surface area contributed by atoms with Crippen molar-refractivity contribution in [2.24, 2.45) is 0 Å². The van der Waals surface area contributed by atoms with Gasteiger partial charge in [0, 0.05) is 30.3 Å². The molecule has 3 rings (SSSR count). The fourth-order valence-corrected chi connectivity index (χ4v) is 2.33. The zero-order valence-electron chi connectivity index (χ0n) is 10.4. The summed E-state index contributed by atoms with van der Waals surface area (Å²) in [6.45, 7) is 0.641. The lowest BCUT2D eigenvalue weighted by atomic mass is 10.2. The first-order valence-corrected chi connectivity index (χ1v) is 6.69. The van der Waals surface area contributed by atoms with Gasteiger partial charge in [-0.15, -0.1) is 0 Å². The van der Waals surface area contributed by atoms with E-state index < -0.39 is 0 Å². The van der Waals surface area contributed by atoms with Crippen LogP contribution in [0.5, 0.6) is 0 Å². The van der Waals surface area contributed by atoms with E-state index in [9.17, 15) is 4.79 Å². The molecule has 5 heteroatoms. The fourth-order valence-electron chi connectivity index (χ4n) is 2.33. The number of amides is 1. The Labute approximate surface area is 106 Å². The quantitative estimate of drug-likeness (QED) is 0.815. The molecule has 0 radical (unpaired) electrons. The molecule has 2 aliphatic carbocycles. The molecule has 18 heavy (non-hydrogen) atoms. The largest absolute Gasteiger partial charge is 0.369 e. The van der Waals surface area contributed by atoms with Gasteiger partial charge in [-0.3, -0.25) is 4.79 Å². The Bertz CT molecular complexity index is 456. The molecule has 1 heterocycles. The number of nitrogens with one attached hydrogen (secondary N) is 2. The molecule has 1 fully saturated rings. The van der Waals surface area contributed by atoms with Crippen LogP contribution in [0.2, 0.25) is 0 Å². The van der Waals surface area contributed by atoms with Gasteiger partial charge in [0.1, 0.15) is 12.1 Å². The predicted molar refractivity (Wildman–Crippen MR) is 68.3 cm³/mol. The zero-order chi connectivity index (χ0) is 12.4. The maximum absolute atomic E-state index is 11.5. The summed E-state index contributed by atoms with van der Waals surface area (Å²) in [5, 5.41) is 6.24. The van der Waals surface area contributed by atoms with Crippen LogP contribution in [0.3, 0.4) is 0 Å². The highest BCUT2D eigenvalue weighted by Gasteiger charge is 2.23. The van der Waals surface area contributed by atoms with E-state index in [4.69, 9.17) is 0 Å². The van der Waals surface area contributed by atoms with Gasteiger partial charge in [-0.05, 0) is 32.1 Å². The summed E-state index contributed by atoms with van der Waals surface area (Å²) in [6, 6.07) is 0.445. The summed E-state index contributed by atoms with van der Waals surface area (Å²) in [6.07, 6.45) is 7.65. The molecular formula is C13H18N4O. The van der Waals surface area contributed by atoms with Crippen LogP contribution in [-0.4, -0.2) is 28.5 Å². The van der Waals surface area contributed by atoms with E-state index in [1.807, 2.05) is 0 Å². The molecule has 0 aromatic carbocycles. The van der Waals surface area contributed by atoms with Crippen molar-refractivity contribution in [3.8, 4) is 0 Å². The standard InChI is InChI=1S/C13H18N4O/c18-12(17-9-4-5-9)6-7-14-13-10-2-1-3-11(10)15-8-16-13/h8-9H,1-7H2,(H,17,18)(H,14,15,16). The van der Waals surface area contributed by atoms with Crippen molar-refractivity contribution in [2.75, 3.05) is 11.9 Å². The first-order valence-electron chi connectivity index (χ1n) is 6.69. The number of aromatic nitrogens is 2. The highest BCUT2D eigenvalue weighted by molar-refractivity contribution is 5.77. The van der Waals surface area contributed by atoms with Crippen LogP contribution in [0.1, 0.15) is 36.9 Å². The van der Waals surface area contributed by atoms with Crippen LogP contribution in [0.4, 0.5) is 5.82 Å². The van der Waals surface area contributed by atoms with Crippen LogP contribution in [0.15, 0.2) is 6.33 Å². The van der Waals surface area contributed by atoms with E-state index in [-0.39, 0.29) is 5.91 Å². The minimum absolute atomic E-state index is 0.135. The number of hydrogen-bond acceptors (Lipinski definition) is 4. The predicted octanol–water partition coefficient (Wildman–Crippen LogP) is 1.05. The first kappa shape index (κ1) is 11.4. The molecule has 0 saturated heterocycles. The topological polar surface area (TPSA) is 66.9 Å². The number of carbonyl (C=O) groups excluding carboxylic acids is 1. The second kappa shape index (κ2) is 4.92. The van der Waals surface area contributed by atoms with Gasteiger partial charge in [-0.2, -0.15) is 0 Å². The number of anilines is 1. The van der Waals surface area contributed by atoms with Gasteiger partial charge in [-0.1, -0.05) is 0 Å². The van der Waals surface area contributed by atoms with Crippen molar-refractivity contribution in [1.82, 2.24) is 15.3 Å². The Hall–Kier alpha value is -1.65. The summed E-state index contributed by atoms with van der Waals surface area (Å²) < 4.78 is 0. The Morgan fingerprint density at radius 1 is 1.33 bits per heavy atom. The van der Waals surface area contributed by atoms with E-state index in [1.54, 1.807) is 6.33 Å². The Morgan fingerprint density at radius 3 is 3.06 bits per heavy atom. The Balaban J connectivity index is 1.50. The van der Waals surface area contributed by atoms with E-state index in [1.165, 1.54) is 5.56 Å². The van der Waals surface area contributed by atoms with Gasteiger partial charge in [0.15, 0.2) is 0 Å². The average molecular weight is 246 g/mol. The molecule has 0 unspecified atom stereocenters. The third-order valence-corrected chi connectivity index (χ3v) is 3.46. The van der Waals surface area contributed by atoms with E-state index in [2.05, 4.69) is 20.6 Å². The monoisotopic (exact) mass is 246 g/mol. The van der Waals surface area contributed by atoms with Crippen molar-refractivity contribution in [3.63, 3.8) is 0 Å². The molecule has 0 atom stereocenters. The Kier molecular flexibility index (Phi) is 3.13. The van der Waals surface area contributed by atoms with Crippen LogP contribution >= 0.6 is 0 Å². The van der Waals surface area contributed by atoms with Crippen molar-refractivity contribution >= 4 is 11.7 Å². The van der Waals surface area contributed by atoms with Gasteiger partial charge in [-0.25, -0.2) is 9.97 Å². The number of carbonyl (C=O) groups is 1. The first-order chi connectivity index (χ1) is 8.83. The minimum Gasteiger partial charge on any atom is -0.369 e. The van der Waals surface area contributed by atoms with E-state index in [0.29, 0.717) is 19.0 Å². The van der Waals surface area contributed by atoms with Gasteiger partial charge in [0.2, 0.25) is 5.91 Å². The second-order valence-corrected chi connectivity index (χ2v) is 5.02. The molecule has 0 aliphatic heterocycles. The summed E-state index contributed by atoms with van der Waals surface area (Å²) in [7, 11) is 0. The summed E-state index contributed by atoms with van der Waals surface area (Å²) in [5.74, 6) is 1.05. The molecule has 1 amide bonds. The Morgan fingerprint density at radius 2 is 2.22 bits per heavy atom. The van der Waals surface area contributed by atoms with Gasteiger partial charge < -0.3 is 10.6 Å². The molecule has 1 saturated carbocycles. The highest BCUT2D eigenvalue weighted by atomic mass is 16.1. The zero-order valence-corrected chi connectivity index (χ0v) is 10.4. The average Bonchev–Trinajstić information content (AvgIpc) is 3.04. The number of aryl methyl sites for hydroxylation is 1. The molecule has 5 nitrogen and oxygen atoms in total. The third kappa shape index (κ3) is 2.60. The SMILES string of the molecule is O=C(CCNc1ncnc2c1CCC2)NC1CC1. The molecule has 1 aromatic heterocycles. The molecule has 1 aromatic rings. The summed E-state index contributed by atoms with van der Waals surface area (Å²) in [5.41, 5.74) is 2.40. The fraction of sp³-hybridized carbons (Fsp3) is 0.615. The second-order valence-electron chi connectivity index (χ2n) is 5.02. The van der Waals surface area contributed by atoms with Gasteiger partial charge >= 0.3 is 0 Å². The van der Waals surface area contributed by atoms with Crippen molar-refractivity contribution in [1.29, 1.82) is 0 Å². The third-order valence-electron chi connectivity index (χ3n) is 3.46. The molecule has 96 valence electrons. The van der Waals surface area contributed by atoms with Crippen LogP contribution < -0.4 is 10.6 Å². The highest BCUT2D eigenvalue weighted by Crippen LogP contribution is 2.24. The maximum Gasteiger partial charge on any atom is 0.221 e. The molecule has 2 aliphatic rings. The van der Waals surface area contributed by atoms with Crippen LogP contribution in [0.25, 0.3) is 0 Å². The molecule has 2 N–H and O–H groups in total. The van der Waals surface area contributed by atoms with Crippen molar-refractivity contribution in [3.05, 3.63) is 17.6 Å². The number of fused-ring (bicyclic) bond motifs is 1. The lowest BCUT2D eigenvalue weighted by molar-refractivity contribution is -0.120. The number of hydrogen-bond donors (Lipinski definition) is 2. The number of rotatable bonds is 5. The normalized spacial score (nSPS) is 17.3. The maximum atomic E-state index is 11.5. The summed E-state index contributed by atoms with van der Waals surface area (Å²) in [4.78, 5) is 20.1. The summed E-state index contributed by atoms with van der Waals surface area (Å²) >= 11 is 0. The molecule has 0 spiro atoms. The van der Waals surface area contributed by atoms with Crippen molar-refractivity contribution < 1.29 is 4.79 Å². The van der Waals surface area contributed by atoms with Gasteiger partial charge in [0.25, 0.3) is 0 Å². The van der Waals surface area contributed by atoms with E-state index in [0.717, 1.165) is 43.6 Å². The minimum atomic E-state index is 0.135. The lowest BCUT2D eigenvalue weighted by Gasteiger charge is -2.09. The van der Waals surface area contributed by atoms with Gasteiger partial charge in [0.05, 0.1) is 0 Å². The number of nitrogens with zero attached hydrogens (tertiary/aromatic N) is 2. The van der Waals surface area contributed by atoms with Crippen LogP contribution in [-0.2, 0) is 17.6 Å². The van der Waals surface area contributed by atoms with Crippen LogP contribution in [0, 0.1) is 0 Å².